The molecule has 3 aliphatic rings. The summed E-state index contributed by atoms with van der Waals surface area (Å²) in [6.07, 6.45) is 4.62. The van der Waals surface area contributed by atoms with Crippen LogP contribution < -0.4 is 0 Å². The Hall–Kier alpha value is -1.72. The monoisotopic (exact) mass is 547 g/mol. The van der Waals surface area contributed by atoms with Gasteiger partial charge in [0.25, 0.3) is 0 Å². The van der Waals surface area contributed by atoms with Gasteiger partial charge < -0.3 is 14.1 Å². The van der Waals surface area contributed by atoms with Crippen LogP contribution in [0.4, 0.5) is 0 Å². The van der Waals surface area contributed by atoms with Crippen LogP contribution >= 0.6 is 23.1 Å². The van der Waals surface area contributed by atoms with Crippen molar-refractivity contribution in [1.82, 2.24) is 14.8 Å². The van der Waals surface area contributed by atoms with Crippen LogP contribution in [-0.4, -0.2) is 73.4 Å². The number of β-lactam (4-membered cyclic amide) rings is 1. The summed E-state index contributed by atoms with van der Waals surface area (Å²) in [6, 6.07) is 0.408. The number of ether oxygens (including phenoxy) is 1. The Labute approximate surface area is 223 Å². The van der Waals surface area contributed by atoms with Crippen molar-refractivity contribution in [2.45, 2.75) is 69.4 Å². The summed E-state index contributed by atoms with van der Waals surface area (Å²) < 4.78 is 12.6. The summed E-state index contributed by atoms with van der Waals surface area (Å²) in [5.41, 5.74) is 2.56. The first-order chi connectivity index (χ1) is 16.9. The highest BCUT2D eigenvalue weighted by molar-refractivity contribution is 8.04. The lowest BCUT2D eigenvalue weighted by Gasteiger charge is -2.48. The summed E-state index contributed by atoms with van der Waals surface area (Å²) >= 11 is 3.06. The second-order valence-electron chi connectivity index (χ2n) is 10.9. The molecule has 1 aromatic heterocycles. The maximum absolute atomic E-state index is 13.3. The van der Waals surface area contributed by atoms with Crippen LogP contribution in [-0.2, 0) is 18.8 Å². The van der Waals surface area contributed by atoms with Gasteiger partial charge in [0.1, 0.15) is 12.3 Å². The lowest BCUT2D eigenvalue weighted by Crippen LogP contribution is -2.64. The van der Waals surface area contributed by atoms with E-state index < -0.39 is 14.3 Å². The zero-order valence-electron chi connectivity index (χ0n) is 22.2. The highest BCUT2D eigenvalue weighted by atomic mass is 32.2. The molecule has 4 heterocycles. The van der Waals surface area contributed by atoms with Gasteiger partial charge in [-0.25, -0.2) is 9.78 Å². The first kappa shape index (κ1) is 27.3. The van der Waals surface area contributed by atoms with Gasteiger partial charge in [0.05, 0.1) is 23.8 Å². The minimum atomic E-state index is -1.83. The van der Waals surface area contributed by atoms with Crippen LogP contribution in [0.25, 0.3) is 5.57 Å². The second kappa shape index (κ2) is 10.6. The summed E-state index contributed by atoms with van der Waals surface area (Å²) in [5, 5.41) is 2.08. The molecule has 0 N–H and O–H groups in total. The smallest absolute Gasteiger partial charge is 0.356 e. The van der Waals surface area contributed by atoms with Gasteiger partial charge in [0, 0.05) is 28.8 Å². The Morgan fingerprint density at radius 1 is 1.39 bits per heavy atom. The molecule has 0 aromatic carbocycles. The van der Waals surface area contributed by atoms with E-state index in [2.05, 4.69) is 63.5 Å². The number of nitrogens with zero attached hydrogens (tertiary/aromatic N) is 3. The third-order valence-corrected chi connectivity index (χ3v) is 10.3. The number of hydrogen-bond acceptors (Lipinski definition) is 8. The van der Waals surface area contributed by atoms with Gasteiger partial charge in [-0.05, 0) is 52.5 Å². The topological polar surface area (TPSA) is 72.0 Å². The van der Waals surface area contributed by atoms with Crippen molar-refractivity contribution in [1.29, 1.82) is 0 Å². The van der Waals surface area contributed by atoms with Crippen LogP contribution in [0.15, 0.2) is 39.1 Å². The number of likely N-dealkylation sites (N-methyl/N-ethyl adjacent to an activating group) is 1. The SMILES string of the molecule is C=CCOC(=O)C1=C(Sc2nc(C3=CC[C@@H](C)N(C)C3)cs2)[C@H](C)[C@@H]2[C@@H]([C@@H](C)O[Si](C)(C)C)C(=O)N12. The number of rotatable bonds is 9. The maximum atomic E-state index is 13.3. The molecule has 7 nitrogen and oxygen atoms in total. The molecule has 1 amide bonds. The Morgan fingerprint density at radius 3 is 2.75 bits per heavy atom. The van der Waals surface area contributed by atoms with Gasteiger partial charge in [0.15, 0.2) is 12.7 Å². The van der Waals surface area contributed by atoms with Gasteiger partial charge >= 0.3 is 5.97 Å². The van der Waals surface area contributed by atoms with Crippen molar-refractivity contribution in [3.63, 3.8) is 0 Å². The number of carbonyl (C=O) groups is 2. The fourth-order valence-corrected chi connectivity index (χ4v) is 8.55. The number of thiazole rings is 1. The first-order valence-electron chi connectivity index (χ1n) is 12.5. The summed E-state index contributed by atoms with van der Waals surface area (Å²) in [4.78, 5) is 36.2. The van der Waals surface area contributed by atoms with Gasteiger partial charge in [-0.2, -0.15) is 0 Å². The highest BCUT2D eigenvalue weighted by Gasteiger charge is 2.61. The summed E-state index contributed by atoms with van der Waals surface area (Å²) in [5.74, 6) is -0.850. The van der Waals surface area contributed by atoms with Gasteiger partial charge in [-0.15, -0.1) is 11.3 Å². The average Bonchev–Trinajstić information content (AvgIpc) is 3.35. The predicted molar refractivity (Wildman–Crippen MR) is 148 cm³/mol. The van der Waals surface area contributed by atoms with E-state index in [0.717, 1.165) is 27.9 Å². The molecular formula is C26H37N3O4S2Si. The molecule has 0 bridgehead atoms. The van der Waals surface area contributed by atoms with Gasteiger partial charge in [-0.3, -0.25) is 9.69 Å². The Balaban J connectivity index is 1.60. The number of amides is 1. The average molecular weight is 548 g/mol. The molecule has 0 unspecified atom stereocenters. The van der Waals surface area contributed by atoms with Crippen molar-refractivity contribution < 1.29 is 18.8 Å². The van der Waals surface area contributed by atoms with Gasteiger partial charge in [0.2, 0.25) is 5.91 Å². The standard InChI is InChI=1S/C26H37N3O4S2Si/c1-9-12-32-25(31)22-23(16(3)21-20(24(30)29(21)22)17(4)33-36(6,7)8)35-26-27-19(14-34-26)18-11-10-15(2)28(5)13-18/h9,11,14-17,20-21H,1,10,12-13H2,2-8H3/t15-,16-,17-,20-,21-/m1/s1. The molecular weight excluding hydrogens is 511 g/mol. The van der Waals surface area contributed by atoms with Crippen molar-refractivity contribution in [2.75, 3.05) is 20.2 Å². The lowest BCUT2D eigenvalue weighted by atomic mass is 9.79. The summed E-state index contributed by atoms with van der Waals surface area (Å²) in [7, 11) is 0.307. The third-order valence-electron chi connectivity index (χ3n) is 7.05. The fourth-order valence-electron chi connectivity index (χ4n) is 5.18. The lowest BCUT2D eigenvalue weighted by molar-refractivity contribution is -0.163. The maximum Gasteiger partial charge on any atom is 0.356 e. The molecule has 196 valence electrons. The van der Waals surface area contributed by atoms with E-state index in [1.165, 1.54) is 23.4 Å². The molecule has 4 rings (SSSR count). The van der Waals surface area contributed by atoms with Crippen molar-refractivity contribution in [3.05, 3.63) is 40.4 Å². The highest BCUT2D eigenvalue weighted by Crippen LogP contribution is 2.53. The molecule has 36 heavy (non-hydrogen) atoms. The molecule has 1 saturated heterocycles. The van der Waals surface area contributed by atoms with E-state index in [4.69, 9.17) is 14.1 Å². The Morgan fingerprint density at radius 2 is 2.11 bits per heavy atom. The van der Waals surface area contributed by atoms with Crippen LogP contribution in [0.3, 0.4) is 0 Å². The molecule has 1 aromatic rings. The van der Waals surface area contributed by atoms with E-state index in [1.54, 1.807) is 16.2 Å². The third kappa shape index (κ3) is 5.29. The second-order valence-corrected chi connectivity index (χ2v) is 17.5. The number of carbonyl (C=O) groups excluding carboxylic acids is 2. The Kier molecular flexibility index (Phi) is 8.02. The predicted octanol–water partition coefficient (Wildman–Crippen LogP) is 5.00. The number of aromatic nitrogens is 1. The van der Waals surface area contributed by atoms with E-state index >= 15 is 0 Å². The van der Waals surface area contributed by atoms with Crippen LogP contribution in [0, 0.1) is 11.8 Å². The molecule has 0 saturated carbocycles. The van der Waals surface area contributed by atoms with Crippen molar-refractivity contribution >= 4 is 48.9 Å². The summed E-state index contributed by atoms with van der Waals surface area (Å²) in [6.45, 7) is 17.3. The van der Waals surface area contributed by atoms with E-state index in [9.17, 15) is 9.59 Å². The van der Waals surface area contributed by atoms with Crippen LogP contribution in [0.5, 0.6) is 0 Å². The van der Waals surface area contributed by atoms with E-state index in [0.29, 0.717) is 11.7 Å². The number of fused-ring (bicyclic) bond motifs is 1. The molecule has 3 aliphatic heterocycles. The molecule has 0 spiro atoms. The van der Waals surface area contributed by atoms with E-state index in [-0.39, 0.29) is 36.5 Å². The molecule has 10 heteroatoms. The molecule has 1 fully saturated rings. The van der Waals surface area contributed by atoms with Crippen molar-refractivity contribution in [3.8, 4) is 0 Å². The zero-order chi connectivity index (χ0) is 26.4. The minimum Gasteiger partial charge on any atom is -0.457 e. The largest absolute Gasteiger partial charge is 0.457 e. The molecule has 0 radical (unpaired) electrons. The quantitative estimate of drug-likeness (QED) is 0.186. The minimum absolute atomic E-state index is 0.0232. The van der Waals surface area contributed by atoms with Gasteiger partial charge in [-0.1, -0.05) is 37.4 Å². The normalized spacial score (nSPS) is 27.5. The van der Waals surface area contributed by atoms with Crippen molar-refractivity contribution in [2.24, 2.45) is 11.8 Å². The fraction of sp³-hybridized carbons (Fsp3) is 0.577. The van der Waals surface area contributed by atoms with E-state index in [1.807, 2.05) is 6.92 Å². The molecule has 5 atom stereocenters. The molecule has 0 aliphatic carbocycles. The number of esters is 1. The zero-order valence-corrected chi connectivity index (χ0v) is 24.9. The first-order valence-corrected chi connectivity index (χ1v) is 17.6. The number of hydrogen-bond donors (Lipinski definition) is 0. The Bertz CT molecular complexity index is 1110. The van der Waals surface area contributed by atoms with Crippen LogP contribution in [0.2, 0.25) is 19.6 Å². The van der Waals surface area contributed by atoms with Crippen LogP contribution in [0.1, 0.15) is 32.9 Å². The number of thioether (sulfide) groups is 1.